The number of amides is 1. The Kier molecular flexibility index (Phi) is 6.96. The fraction of sp³-hybridized carbons (Fsp3) is 0.514. The van der Waals surface area contributed by atoms with E-state index >= 15 is 0 Å². The summed E-state index contributed by atoms with van der Waals surface area (Å²) in [6.07, 6.45) is 10.00. The number of benzene rings is 2. The summed E-state index contributed by atoms with van der Waals surface area (Å²) in [6, 6.07) is 16.7. The van der Waals surface area contributed by atoms with Crippen LogP contribution in [0.5, 0.6) is 0 Å². The Morgan fingerprint density at radius 1 is 0.900 bits per heavy atom. The molecule has 5 nitrogen and oxygen atoms in total. The number of ether oxygens (including phenoxy) is 1. The minimum Gasteiger partial charge on any atom is -0.458 e. The molecule has 1 N–H and O–H groups in total. The van der Waals surface area contributed by atoms with E-state index in [-0.39, 0.29) is 34.7 Å². The van der Waals surface area contributed by atoms with Crippen LogP contribution >= 0.6 is 0 Å². The number of hydrogen-bond donors (Lipinski definition) is 1. The third kappa shape index (κ3) is 4.61. The quantitative estimate of drug-likeness (QED) is 0.400. The van der Waals surface area contributed by atoms with Gasteiger partial charge in [0, 0.05) is 17.5 Å². The number of anilines is 1. The van der Waals surface area contributed by atoms with Crippen molar-refractivity contribution in [2.24, 2.45) is 28.6 Å². The summed E-state index contributed by atoms with van der Waals surface area (Å²) in [6.45, 7) is 6.64. The van der Waals surface area contributed by atoms with Gasteiger partial charge in [0.1, 0.15) is 6.10 Å². The van der Waals surface area contributed by atoms with Crippen molar-refractivity contribution in [1.29, 1.82) is 0 Å². The Morgan fingerprint density at radius 2 is 1.65 bits per heavy atom. The van der Waals surface area contributed by atoms with Gasteiger partial charge in [-0.2, -0.15) is 0 Å². The number of rotatable bonds is 5. The number of ketones is 1. The van der Waals surface area contributed by atoms with E-state index in [1.54, 1.807) is 12.1 Å². The Labute approximate surface area is 237 Å². The summed E-state index contributed by atoms with van der Waals surface area (Å²) in [5.74, 6) is 1.44. The molecule has 3 fully saturated rings. The molecule has 40 heavy (non-hydrogen) atoms. The van der Waals surface area contributed by atoms with E-state index in [0.717, 1.165) is 56.2 Å². The maximum absolute atomic E-state index is 13.3. The van der Waals surface area contributed by atoms with E-state index in [4.69, 9.17) is 4.74 Å². The van der Waals surface area contributed by atoms with E-state index in [0.29, 0.717) is 35.5 Å². The molecule has 210 valence electrons. The molecule has 0 aliphatic heterocycles. The number of carbonyl (C=O) groups is 3. The Balaban J connectivity index is 1.11. The summed E-state index contributed by atoms with van der Waals surface area (Å²) >= 11 is 0. The highest BCUT2D eigenvalue weighted by Crippen LogP contribution is 2.65. The fourth-order valence-electron chi connectivity index (χ4n) is 8.73. The highest BCUT2D eigenvalue weighted by atomic mass is 16.5. The molecule has 0 radical (unpaired) electrons. The second-order valence-corrected chi connectivity index (χ2v) is 13.2. The normalized spacial score (nSPS) is 33.6. The average molecular weight is 540 g/mol. The van der Waals surface area contributed by atoms with Crippen molar-refractivity contribution < 1.29 is 19.1 Å². The van der Waals surface area contributed by atoms with Gasteiger partial charge in [0.25, 0.3) is 0 Å². The molecule has 0 bridgehead atoms. The number of fused-ring (bicyclic) bond motifs is 5. The maximum atomic E-state index is 13.3. The van der Waals surface area contributed by atoms with Crippen molar-refractivity contribution in [3.63, 3.8) is 0 Å². The topological polar surface area (TPSA) is 72.5 Å². The molecule has 2 aromatic rings. The SMILES string of the molecule is CC(C(=O)Nc1ccccc1)c1ccc(C(=O)O[C@H]2CC[C@H]3[C@@H]4CCC5=CC(=O)CC[C@]5(C)[C@H]4CC[C@]23C)cc1. The van der Waals surface area contributed by atoms with Crippen LogP contribution in [0.4, 0.5) is 5.69 Å². The Bertz CT molecular complexity index is 1330. The molecule has 7 atom stereocenters. The highest BCUT2D eigenvalue weighted by Gasteiger charge is 2.60. The number of carbonyl (C=O) groups excluding carboxylic acids is 3. The largest absolute Gasteiger partial charge is 0.458 e. The van der Waals surface area contributed by atoms with E-state index in [9.17, 15) is 14.4 Å². The van der Waals surface area contributed by atoms with Crippen LogP contribution in [-0.4, -0.2) is 23.8 Å². The van der Waals surface area contributed by atoms with E-state index in [2.05, 4.69) is 19.2 Å². The van der Waals surface area contributed by atoms with Gasteiger partial charge in [-0.05, 0) is 111 Å². The van der Waals surface area contributed by atoms with Crippen LogP contribution in [0.15, 0.2) is 66.2 Å². The lowest BCUT2D eigenvalue weighted by Crippen LogP contribution is -2.51. The van der Waals surface area contributed by atoms with Gasteiger partial charge >= 0.3 is 5.97 Å². The van der Waals surface area contributed by atoms with Gasteiger partial charge in [0.05, 0.1) is 11.5 Å². The molecule has 5 heteroatoms. The van der Waals surface area contributed by atoms with Crippen molar-refractivity contribution in [2.45, 2.75) is 84.2 Å². The van der Waals surface area contributed by atoms with E-state index < -0.39 is 0 Å². The minimum atomic E-state index is -0.343. The van der Waals surface area contributed by atoms with Gasteiger partial charge in [-0.3, -0.25) is 9.59 Å². The summed E-state index contributed by atoms with van der Waals surface area (Å²) in [4.78, 5) is 38.1. The molecule has 0 aromatic heterocycles. The molecule has 4 aliphatic carbocycles. The standard InChI is InChI=1S/C35H41NO4/c1-22(32(38)36-26-7-5-4-6-8-26)23-9-11-24(12-10-23)33(39)40-31-16-15-29-28-14-13-25-21-27(37)17-19-34(25,2)30(28)18-20-35(29,31)3/h4-12,21-22,28-31H,13-20H2,1-3H3,(H,36,38)/t22?,28-,29-,30-,31-,34-,35-/m0/s1. The van der Waals surface area contributed by atoms with Crippen molar-refractivity contribution in [2.75, 3.05) is 5.32 Å². The van der Waals surface area contributed by atoms with Crippen LogP contribution in [0, 0.1) is 28.6 Å². The average Bonchev–Trinajstić information content (AvgIpc) is 3.29. The summed E-state index contributed by atoms with van der Waals surface area (Å²) in [5, 5.41) is 2.95. The van der Waals surface area contributed by atoms with Gasteiger partial charge in [-0.15, -0.1) is 0 Å². The zero-order valence-electron chi connectivity index (χ0n) is 24.0. The van der Waals surface area contributed by atoms with Gasteiger partial charge in [-0.25, -0.2) is 4.79 Å². The Morgan fingerprint density at radius 3 is 2.40 bits per heavy atom. The monoisotopic (exact) mass is 539 g/mol. The first kappa shape index (κ1) is 27.0. The van der Waals surface area contributed by atoms with Crippen molar-refractivity contribution in [1.82, 2.24) is 0 Å². The lowest BCUT2D eigenvalue weighted by molar-refractivity contribution is -0.118. The molecule has 2 aromatic carbocycles. The summed E-state index contributed by atoms with van der Waals surface area (Å²) in [7, 11) is 0. The second kappa shape index (κ2) is 10.3. The first-order valence-corrected chi connectivity index (χ1v) is 15.1. The number of esters is 1. The molecule has 3 saturated carbocycles. The van der Waals surface area contributed by atoms with Crippen LogP contribution in [0.3, 0.4) is 0 Å². The zero-order valence-corrected chi connectivity index (χ0v) is 24.0. The number of allylic oxidation sites excluding steroid dienone is 1. The molecule has 0 spiro atoms. The summed E-state index contributed by atoms with van der Waals surface area (Å²) in [5.41, 5.74) is 3.72. The van der Waals surface area contributed by atoms with Crippen LogP contribution in [0.2, 0.25) is 0 Å². The molecule has 0 heterocycles. The van der Waals surface area contributed by atoms with Gasteiger partial charge < -0.3 is 10.1 Å². The fourth-order valence-corrected chi connectivity index (χ4v) is 8.73. The smallest absolute Gasteiger partial charge is 0.338 e. The minimum absolute atomic E-state index is 0.00285. The number of hydrogen-bond acceptors (Lipinski definition) is 4. The molecule has 1 unspecified atom stereocenters. The van der Waals surface area contributed by atoms with Crippen LogP contribution in [0.25, 0.3) is 0 Å². The number of nitrogens with one attached hydrogen (secondary N) is 1. The molecule has 0 saturated heterocycles. The first-order chi connectivity index (χ1) is 19.2. The number of para-hydroxylation sites is 1. The van der Waals surface area contributed by atoms with Crippen molar-refractivity contribution in [3.8, 4) is 0 Å². The lowest BCUT2D eigenvalue weighted by Gasteiger charge is -2.57. The van der Waals surface area contributed by atoms with Gasteiger partial charge in [0.2, 0.25) is 5.91 Å². The van der Waals surface area contributed by atoms with E-state index in [1.807, 2.05) is 55.5 Å². The molecule has 6 rings (SSSR count). The molecule has 4 aliphatic rings. The van der Waals surface area contributed by atoms with Crippen LogP contribution in [0.1, 0.15) is 94.0 Å². The predicted octanol–water partition coefficient (Wildman–Crippen LogP) is 7.49. The maximum Gasteiger partial charge on any atom is 0.338 e. The van der Waals surface area contributed by atoms with Crippen molar-refractivity contribution in [3.05, 3.63) is 77.4 Å². The molecular formula is C35H41NO4. The summed E-state index contributed by atoms with van der Waals surface area (Å²) < 4.78 is 6.25. The van der Waals surface area contributed by atoms with Gasteiger partial charge in [0.15, 0.2) is 5.78 Å². The zero-order chi connectivity index (χ0) is 28.1. The third-order valence-corrected chi connectivity index (χ3v) is 11.2. The molecule has 1 amide bonds. The van der Waals surface area contributed by atoms with Crippen LogP contribution in [-0.2, 0) is 14.3 Å². The second-order valence-electron chi connectivity index (χ2n) is 13.2. The Hall–Kier alpha value is -3.21. The van der Waals surface area contributed by atoms with E-state index in [1.165, 1.54) is 5.57 Å². The lowest BCUT2D eigenvalue weighted by atomic mass is 9.47. The highest BCUT2D eigenvalue weighted by molar-refractivity contribution is 5.96. The van der Waals surface area contributed by atoms with Crippen molar-refractivity contribution >= 4 is 23.3 Å². The van der Waals surface area contributed by atoms with Crippen LogP contribution < -0.4 is 5.32 Å². The third-order valence-electron chi connectivity index (χ3n) is 11.2. The molecular weight excluding hydrogens is 498 g/mol. The predicted molar refractivity (Wildman–Crippen MR) is 156 cm³/mol. The first-order valence-electron chi connectivity index (χ1n) is 15.1. The van der Waals surface area contributed by atoms with Gasteiger partial charge in [-0.1, -0.05) is 49.8 Å².